The van der Waals surface area contributed by atoms with Crippen LogP contribution >= 0.6 is 0 Å². The number of nitrogens with zero attached hydrogens (tertiary/aromatic N) is 1. The quantitative estimate of drug-likeness (QED) is 0.608. The first-order valence-electron chi connectivity index (χ1n) is 4.28. The molecule has 0 radical (unpaired) electrons. The molecule has 13 heavy (non-hydrogen) atoms. The largest absolute Gasteiger partial charge is 0.480 e. The van der Waals surface area contributed by atoms with E-state index in [1.165, 1.54) is 11.8 Å². The third-order valence-corrected chi connectivity index (χ3v) is 2.40. The maximum Gasteiger partial charge on any atom is 0.326 e. The minimum absolute atomic E-state index is 0.106. The minimum atomic E-state index is -0.967. The Morgan fingerprint density at radius 3 is 2.85 bits per heavy atom. The first-order valence-corrected chi connectivity index (χ1v) is 4.28. The fourth-order valence-electron chi connectivity index (χ4n) is 1.47. The number of aliphatic carboxylic acids is 1. The maximum atomic E-state index is 11.3. The summed E-state index contributed by atoms with van der Waals surface area (Å²) in [6.07, 6.45) is 0.383. The Kier molecular flexibility index (Phi) is 2.87. The molecule has 1 fully saturated rings. The van der Waals surface area contributed by atoms with Gasteiger partial charge in [0.1, 0.15) is 6.04 Å². The van der Waals surface area contributed by atoms with Gasteiger partial charge in [0, 0.05) is 13.0 Å². The Balaban J connectivity index is 2.62. The lowest BCUT2D eigenvalue weighted by Crippen LogP contribution is -2.40. The normalized spacial score (nSPS) is 24.9. The number of rotatable bonds is 3. The molecule has 0 saturated carbocycles. The zero-order chi connectivity index (χ0) is 10.0. The van der Waals surface area contributed by atoms with Gasteiger partial charge in [-0.1, -0.05) is 0 Å². The monoisotopic (exact) mass is 186 g/mol. The van der Waals surface area contributed by atoms with Crippen LogP contribution in [0.4, 0.5) is 0 Å². The lowest BCUT2D eigenvalue weighted by molar-refractivity contribution is -0.147. The third-order valence-electron chi connectivity index (χ3n) is 2.40. The van der Waals surface area contributed by atoms with Gasteiger partial charge in [-0.05, 0) is 19.4 Å². The van der Waals surface area contributed by atoms with E-state index in [-0.39, 0.29) is 11.8 Å². The van der Waals surface area contributed by atoms with Gasteiger partial charge >= 0.3 is 5.97 Å². The van der Waals surface area contributed by atoms with Crippen molar-refractivity contribution in [1.82, 2.24) is 4.90 Å². The zero-order valence-electron chi connectivity index (χ0n) is 7.56. The highest BCUT2D eigenvalue weighted by Crippen LogP contribution is 2.18. The molecule has 2 unspecified atom stereocenters. The van der Waals surface area contributed by atoms with Gasteiger partial charge in [0.15, 0.2) is 0 Å². The molecule has 1 aliphatic rings. The predicted octanol–water partition coefficient (Wildman–Crippen LogP) is -0.733. The number of carboxylic acids is 1. The molecular formula is C8H14N2O3. The highest BCUT2D eigenvalue weighted by Gasteiger charge is 2.34. The molecule has 0 bridgehead atoms. The number of amides is 1. The molecule has 2 atom stereocenters. The molecule has 0 spiro atoms. The van der Waals surface area contributed by atoms with Crippen molar-refractivity contribution >= 4 is 11.9 Å². The van der Waals surface area contributed by atoms with Crippen LogP contribution in [0.3, 0.4) is 0 Å². The van der Waals surface area contributed by atoms with Crippen LogP contribution in [-0.4, -0.2) is 41.0 Å². The fourth-order valence-corrected chi connectivity index (χ4v) is 1.47. The van der Waals surface area contributed by atoms with Gasteiger partial charge in [-0.15, -0.1) is 0 Å². The Morgan fingerprint density at radius 2 is 2.46 bits per heavy atom. The van der Waals surface area contributed by atoms with E-state index >= 15 is 0 Å². The van der Waals surface area contributed by atoms with E-state index in [1.807, 2.05) is 0 Å². The van der Waals surface area contributed by atoms with Crippen molar-refractivity contribution in [3.63, 3.8) is 0 Å². The molecule has 1 saturated heterocycles. The van der Waals surface area contributed by atoms with Crippen LogP contribution in [0.2, 0.25) is 0 Å². The Bertz CT molecular complexity index is 229. The highest BCUT2D eigenvalue weighted by atomic mass is 16.4. The van der Waals surface area contributed by atoms with Crippen molar-refractivity contribution in [2.24, 2.45) is 11.7 Å². The molecule has 1 rings (SSSR count). The van der Waals surface area contributed by atoms with E-state index in [0.717, 1.165) is 0 Å². The molecule has 0 aromatic heterocycles. The summed E-state index contributed by atoms with van der Waals surface area (Å²) in [7, 11) is 0. The van der Waals surface area contributed by atoms with E-state index in [2.05, 4.69) is 0 Å². The smallest absolute Gasteiger partial charge is 0.326 e. The lowest BCUT2D eigenvalue weighted by atomic mass is 10.1. The number of hydrogen-bond donors (Lipinski definition) is 2. The van der Waals surface area contributed by atoms with Gasteiger partial charge < -0.3 is 15.7 Å². The van der Waals surface area contributed by atoms with Crippen LogP contribution in [-0.2, 0) is 9.59 Å². The zero-order valence-corrected chi connectivity index (χ0v) is 7.56. The van der Waals surface area contributed by atoms with Crippen molar-refractivity contribution in [3.05, 3.63) is 0 Å². The minimum Gasteiger partial charge on any atom is -0.480 e. The van der Waals surface area contributed by atoms with E-state index < -0.39 is 12.0 Å². The second-order valence-electron chi connectivity index (χ2n) is 3.37. The molecular weight excluding hydrogens is 172 g/mol. The highest BCUT2D eigenvalue weighted by molar-refractivity contribution is 5.85. The number of carboxylic acid groups (broad SMARTS) is 1. The molecule has 5 heteroatoms. The summed E-state index contributed by atoms with van der Waals surface area (Å²) >= 11 is 0. The van der Waals surface area contributed by atoms with Gasteiger partial charge in [-0.2, -0.15) is 0 Å². The SMILES string of the molecule is CC(C(=O)O)N1CC(CN)CC1=O. The van der Waals surface area contributed by atoms with Gasteiger partial charge in [-0.3, -0.25) is 4.79 Å². The first kappa shape index (κ1) is 9.98. The molecule has 0 aliphatic carbocycles. The number of carbonyl (C=O) groups excluding carboxylic acids is 1. The summed E-state index contributed by atoms with van der Waals surface area (Å²) < 4.78 is 0. The van der Waals surface area contributed by atoms with E-state index in [4.69, 9.17) is 10.8 Å². The average molecular weight is 186 g/mol. The summed E-state index contributed by atoms with van der Waals surface area (Å²) in [5.41, 5.74) is 5.41. The summed E-state index contributed by atoms with van der Waals surface area (Å²) in [5.74, 6) is -0.953. The number of likely N-dealkylation sites (tertiary alicyclic amines) is 1. The van der Waals surface area contributed by atoms with E-state index in [9.17, 15) is 9.59 Å². The van der Waals surface area contributed by atoms with Crippen molar-refractivity contribution in [2.75, 3.05) is 13.1 Å². The van der Waals surface area contributed by atoms with Crippen molar-refractivity contribution in [2.45, 2.75) is 19.4 Å². The number of nitrogens with two attached hydrogens (primary N) is 1. The molecule has 1 amide bonds. The van der Waals surface area contributed by atoms with E-state index in [0.29, 0.717) is 19.5 Å². The van der Waals surface area contributed by atoms with Crippen LogP contribution in [0.15, 0.2) is 0 Å². The lowest BCUT2D eigenvalue weighted by Gasteiger charge is -2.20. The third kappa shape index (κ3) is 1.98. The van der Waals surface area contributed by atoms with Crippen molar-refractivity contribution < 1.29 is 14.7 Å². The van der Waals surface area contributed by atoms with Crippen LogP contribution in [0.1, 0.15) is 13.3 Å². The number of hydrogen-bond acceptors (Lipinski definition) is 3. The molecule has 1 aliphatic heterocycles. The first-order chi connectivity index (χ1) is 6.06. The Morgan fingerprint density at radius 1 is 1.85 bits per heavy atom. The molecule has 5 nitrogen and oxygen atoms in total. The topological polar surface area (TPSA) is 83.6 Å². The van der Waals surface area contributed by atoms with Gasteiger partial charge in [0.05, 0.1) is 0 Å². The molecule has 1 heterocycles. The van der Waals surface area contributed by atoms with Gasteiger partial charge in [0.25, 0.3) is 0 Å². The van der Waals surface area contributed by atoms with Crippen LogP contribution in [0, 0.1) is 5.92 Å². The summed E-state index contributed by atoms with van der Waals surface area (Å²) in [5, 5.41) is 8.69. The van der Waals surface area contributed by atoms with Crippen molar-refractivity contribution in [1.29, 1.82) is 0 Å². The fraction of sp³-hybridized carbons (Fsp3) is 0.750. The van der Waals surface area contributed by atoms with Crippen molar-refractivity contribution in [3.8, 4) is 0 Å². The number of carbonyl (C=O) groups is 2. The average Bonchev–Trinajstić information content (AvgIpc) is 2.45. The van der Waals surface area contributed by atoms with Crippen LogP contribution in [0.25, 0.3) is 0 Å². The molecule has 0 aromatic carbocycles. The summed E-state index contributed by atoms with van der Waals surface area (Å²) in [4.78, 5) is 23.3. The van der Waals surface area contributed by atoms with Crippen LogP contribution in [0.5, 0.6) is 0 Å². The van der Waals surface area contributed by atoms with Gasteiger partial charge in [-0.25, -0.2) is 4.79 Å². The van der Waals surface area contributed by atoms with Gasteiger partial charge in [0.2, 0.25) is 5.91 Å². The molecule has 74 valence electrons. The Hall–Kier alpha value is -1.10. The second-order valence-corrected chi connectivity index (χ2v) is 3.37. The predicted molar refractivity (Wildman–Crippen MR) is 46.0 cm³/mol. The maximum absolute atomic E-state index is 11.3. The standard InChI is InChI=1S/C8H14N2O3/c1-5(8(12)13)10-4-6(3-9)2-7(10)11/h5-6H,2-4,9H2,1H3,(H,12,13). The van der Waals surface area contributed by atoms with Crippen LogP contribution < -0.4 is 5.73 Å². The molecule has 0 aromatic rings. The summed E-state index contributed by atoms with van der Waals surface area (Å²) in [6, 6.07) is -0.732. The summed E-state index contributed by atoms with van der Waals surface area (Å²) in [6.45, 7) is 2.43. The second kappa shape index (κ2) is 3.74. The Labute approximate surface area is 76.5 Å². The molecule has 3 N–H and O–H groups in total. The van der Waals surface area contributed by atoms with E-state index in [1.54, 1.807) is 0 Å².